The van der Waals surface area contributed by atoms with Gasteiger partial charge in [-0.2, -0.15) is 5.10 Å². The molecule has 0 fully saturated rings. The van der Waals surface area contributed by atoms with Gasteiger partial charge < -0.3 is 5.32 Å². The minimum absolute atomic E-state index is 0.0794. The quantitative estimate of drug-likeness (QED) is 0.266. The Labute approximate surface area is 194 Å². The zero-order chi connectivity index (χ0) is 23.3. The molecule has 0 unspecified atom stereocenters. The topological polar surface area (TPSA) is 114 Å². The van der Waals surface area contributed by atoms with E-state index in [2.05, 4.69) is 31.8 Å². The van der Waals surface area contributed by atoms with Crippen molar-refractivity contribution in [2.45, 2.75) is 0 Å². The van der Waals surface area contributed by atoms with Gasteiger partial charge in [-0.1, -0.05) is 29.8 Å². The first-order valence-electron chi connectivity index (χ1n) is 8.89. The van der Waals surface area contributed by atoms with Crippen LogP contribution in [-0.4, -0.2) is 23.0 Å². The zero-order valence-electron chi connectivity index (χ0n) is 16.0. The SMILES string of the molecule is O=C(Nc1ccccc1C(=O)NN=Cc1ccc(F)c(Br)c1)c1ccc([N+](=O)[O-])c(Cl)c1. The summed E-state index contributed by atoms with van der Waals surface area (Å²) in [7, 11) is 0. The number of hydrogen-bond acceptors (Lipinski definition) is 5. The third kappa shape index (κ3) is 5.54. The molecule has 0 bridgehead atoms. The van der Waals surface area contributed by atoms with Crippen LogP contribution in [0, 0.1) is 15.9 Å². The third-order valence-electron chi connectivity index (χ3n) is 4.15. The van der Waals surface area contributed by atoms with Gasteiger partial charge in [0.05, 0.1) is 26.9 Å². The van der Waals surface area contributed by atoms with E-state index in [1.807, 2.05) is 0 Å². The summed E-state index contributed by atoms with van der Waals surface area (Å²) >= 11 is 8.92. The van der Waals surface area contributed by atoms with Crippen LogP contribution in [0.15, 0.2) is 70.2 Å². The van der Waals surface area contributed by atoms with Gasteiger partial charge in [0.1, 0.15) is 10.8 Å². The van der Waals surface area contributed by atoms with Crippen LogP contribution < -0.4 is 10.7 Å². The number of rotatable bonds is 6. The van der Waals surface area contributed by atoms with Gasteiger partial charge in [-0.25, -0.2) is 9.82 Å². The van der Waals surface area contributed by atoms with E-state index in [1.165, 1.54) is 48.7 Å². The Balaban J connectivity index is 1.73. The van der Waals surface area contributed by atoms with Gasteiger partial charge in [-0.05, 0) is 57.9 Å². The van der Waals surface area contributed by atoms with E-state index in [4.69, 9.17) is 11.6 Å². The molecular weight excluding hydrogens is 507 g/mol. The Morgan fingerprint density at radius 1 is 1.09 bits per heavy atom. The molecule has 0 saturated carbocycles. The third-order valence-corrected chi connectivity index (χ3v) is 5.06. The number of benzene rings is 3. The summed E-state index contributed by atoms with van der Waals surface area (Å²) in [6.07, 6.45) is 1.34. The van der Waals surface area contributed by atoms with Crippen molar-refractivity contribution < 1.29 is 18.9 Å². The van der Waals surface area contributed by atoms with Crippen LogP contribution in [0.4, 0.5) is 15.8 Å². The minimum Gasteiger partial charge on any atom is -0.321 e. The van der Waals surface area contributed by atoms with E-state index < -0.39 is 22.6 Å². The monoisotopic (exact) mass is 518 g/mol. The maximum Gasteiger partial charge on any atom is 0.287 e. The van der Waals surface area contributed by atoms with Crippen molar-refractivity contribution in [1.29, 1.82) is 0 Å². The smallest absolute Gasteiger partial charge is 0.287 e. The Morgan fingerprint density at radius 3 is 2.53 bits per heavy atom. The van der Waals surface area contributed by atoms with Crippen LogP contribution in [0.1, 0.15) is 26.3 Å². The first kappa shape index (κ1) is 23.0. The number of hydrazone groups is 1. The molecule has 8 nitrogen and oxygen atoms in total. The highest BCUT2D eigenvalue weighted by molar-refractivity contribution is 9.10. The number of para-hydroxylation sites is 1. The number of halogens is 3. The number of carbonyl (C=O) groups is 2. The number of nitrogens with zero attached hydrogens (tertiary/aromatic N) is 2. The number of nitrogens with one attached hydrogen (secondary N) is 2. The molecule has 2 amide bonds. The van der Waals surface area contributed by atoms with Crippen molar-refractivity contribution in [2.24, 2.45) is 5.10 Å². The van der Waals surface area contributed by atoms with E-state index in [-0.39, 0.29) is 32.0 Å². The molecule has 0 aliphatic carbocycles. The second-order valence-electron chi connectivity index (χ2n) is 6.30. The fraction of sp³-hybridized carbons (Fsp3) is 0. The fourth-order valence-electron chi connectivity index (χ4n) is 2.60. The molecule has 0 heterocycles. The maximum absolute atomic E-state index is 13.3. The standard InChI is InChI=1S/C21H13BrClFN4O4/c22-15-9-12(5-7-17(15)24)11-25-27-21(30)14-3-1-2-4-18(14)26-20(29)13-6-8-19(28(31)32)16(23)10-13/h1-11H,(H,26,29)(H,27,30). The molecule has 0 radical (unpaired) electrons. The van der Waals surface area contributed by atoms with E-state index in [0.717, 1.165) is 6.07 Å². The van der Waals surface area contributed by atoms with Crippen LogP contribution in [0.25, 0.3) is 0 Å². The Hall–Kier alpha value is -3.63. The average molecular weight is 520 g/mol. The summed E-state index contributed by atoms with van der Waals surface area (Å²) in [5.74, 6) is -1.63. The normalized spacial score (nSPS) is 10.7. The summed E-state index contributed by atoms with van der Waals surface area (Å²) in [6, 6.07) is 14.0. The van der Waals surface area contributed by atoms with Gasteiger partial charge in [0, 0.05) is 11.6 Å². The van der Waals surface area contributed by atoms with Gasteiger partial charge in [-0.15, -0.1) is 0 Å². The summed E-state index contributed by atoms with van der Waals surface area (Å²) in [4.78, 5) is 35.3. The lowest BCUT2D eigenvalue weighted by Crippen LogP contribution is -2.21. The van der Waals surface area contributed by atoms with Crippen molar-refractivity contribution in [1.82, 2.24) is 5.43 Å². The van der Waals surface area contributed by atoms with Crippen molar-refractivity contribution in [3.63, 3.8) is 0 Å². The van der Waals surface area contributed by atoms with Crippen molar-refractivity contribution in [2.75, 3.05) is 5.32 Å². The maximum atomic E-state index is 13.3. The van der Waals surface area contributed by atoms with Gasteiger partial charge in [0.15, 0.2) is 0 Å². The van der Waals surface area contributed by atoms with E-state index in [0.29, 0.717) is 5.56 Å². The molecule has 3 aromatic rings. The predicted molar refractivity (Wildman–Crippen MR) is 122 cm³/mol. The number of hydrogen-bond donors (Lipinski definition) is 2. The molecule has 11 heteroatoms. The summed E-state index contributed by atoms with van der Waals surface area (Å²) in [5.41, 5.74) is 2.97. The zero-order valence-corrected chi connectivity index (χ0v) is 18.4. The number of amides is 2. The molecule has 32 heavy (non-hydrogen) atoms. The molecule has 0 saturated heterocycles. The molecule has 0 aliphatic heterocycles. The second kappa shape index (κ2) is 10.1. The lowest BCUT2D eigenvalue weighted by Gasteiger charge is -2.10. The molecule has 0 aliphatic rings. The van der Waals surface area contributed by atoms with Gasteiger partial charge in [0.25, 0.3) is 17.5 Å². The summed E-state index contributed by atoms with van der Waals surface area (Å²) in [5, 5.41) is 17.1. The van der Waals surface area contributed by atoms with Gasteiger partial charge in [0.2, 0.25) is 0 Å². The second-order valence-corrected chi connectivity index (χ2v) is 7.56. The first-order valence-corrected chi connectivity index (χ1v) is 10.1. The van der Waals surface area contributed by atoms with Gasteiger partial charge in [-0.3, -0.25) is 19.7 Å². The fourth-order valence-corrected chi connectivity index (χ4v) is 3.25. The first-order chi connectivity index (χ1) is 15.3. The molecule has 162 valence electrons. The molecule has 2 N–H and O–H groups in total. The molecule has 0 aromatic heterocycles. The highest BCUT2D eigenvalue weighted by Crippen LogP contribution is 2.26. The molecule has 0 atom stereocenters. The van der Waals surface area contributed by atoms with Crippen LogP contribution in [-0.2, 0) is 0 Å². The average Bonchev–Trinajstić information content (AvgIpc) is 2.76. The van der Waals surface area contributed by atoms with E-state index in [9.17, 15) is 24.1 Å². The number of nitro groups is 1. The summed E-state index contributed by atoms with van der Waals surface area (Å²) in [6.45, 7) is 0. The molecular formula is C21H13BrClFN4O4. The lowest BCUT2D eigenvalue weighted by molar-refractivity contribution is -0.384. The predicted octanol–water partition coefficient (Wildman–Crippen LogP) is 5.17. The number of carbonyl (C=O) groups excluding carboxylic acids is 2. The van der Waals surface area contributed by atoms with Crippen LogP contribution >= 0.6 is 27.5 Å². The van der Waals surface area contributed by atoms with Crippen molar-refractivity contribution in [3.8, 4) is 0 Å². The Morgan fingerprint density at radius 2 is 1.84 bits per heavy atom. The highest BCUT2D eigenvalue weighted by Gasteiger charge is 2.17. The van der Waals surface area contributed by atoms with E-state index in [1.54, 1.807) is 12.1 Å². The number of anilines is 1. The lowest BCUT2D eigenvalue weighted by atomic mass is 10.1. The Kier molecular flexibility index (Phi) is 7.29. The van der Waals surface area contributed by atoms with Crippen LogP contribution in [0.5, 0.6) is 0 Å². The molecule has 3 rings (SSSR count). The van der Waals surface area contributed by atoms with E-state index >= 15 is 0 Å². The summed E-state index contributed by atoms with van der Waals surface area (Å²) < 4.78 is 13.5. The van der Waals surface area contributed by atoms with Crippen molar-refractivity contribution in [3.05, 3.63) is 103 Å². The van der Waals surface area contributed by atoms with Crippen LogP contribution in [0.3, 0.4) is 0 Å². The van der Waals surface area contributed by atoms with Gasteiger partial charge >= 0.3 is 0 Å². The highest BCUT2D eigenvalue weighted by atomic mass is 79.9. The minimum atomic E-state index is -0.658. The Bertz CT molecular complexity index is 1250. The van der Waals surface area contributed by atoms with Crippen molar-refractivity contribution >= 4 is 56.9 Å². The number of nitro benzene ring substituents is 1. The van der Waals surface area contributed by atoms with Crippen LogP contribution in [0.2, 0.25) is 5.02 Å². The molecule has 0 spiro atoms. The largest absolute Gasteiger partial charge is 0.321 e. The molecule has 3 aromatic carbocycles.